The van der Waals surface area contributed by atoms with Crippen LogP contribution >= 0.6 is 0 Å². The molecule has 1 fully saturated rings. The summed E-state index contributed by atoms with van der Waals surface area (Å²) < 4.78 is 5.33. The van der Waals surface area contributed by atoms with E-state index < -0.39 is 5.60 Å². The molecule has 0 spiro atoms. The van der Waals surface area contributed by atoms with E-state index >= 15 is 0 Å². The number of carbonyl (C=O) groups excluding carboxylic acids is 2. The average molecular weight is 296 g/mol. The van der Waals surface area contributed by atoms with E-state index in [0.29, 0.717) is 26.2 Å². The molecule has 1 heterocycles. The molecule has 1 aliphatic heterocycles. The highest BCUT2D eigenvalue weighted by Gasteiger charge is 2.27. The van der Waals surface area contributed by atoms with E-state index in [-0.39, 0.29) is 17.4 Å². The topological polar surface area (TPSA) is 49.9 Å². The number of amides is 2. The molecule has 120 valence electrons. The lowest BCUT2D eigenvalue weighted by Crippen LogP contribution is -2.51. The Labute approximate surface area is 127 Å². The third-order valence-electron chi connectivity index (χ3n) is 2.97. The van der Waals surface area contributed by atoms with Gasteiger partial charge in [-0.25, -0.2) is 4.79 Å². The monoisotopic (exact) mass is 296 g/mol. The van der Waals surface area contributed by atoms with Crippen LogP contribution in [0.25, 0.3) is 0 Å². The molecule has 0 unspecified atom stereocenters. The van der Waals surface area contributed by atoms with Gasteiger partial charge in [0.1, 0.15) is 5.60 Å². The van der Waals surface area contributed by atoms with E-state index in [1.807, 2.05) is 26.8 Å². The van der Waals surface area contributed by atoms with Gasteiger partial charge in [0, 0.05) is 26.2 Å². The lowest BCUT2D eigenvalue weighted by Gasteiger charge is -2.35. The van der Waals surface area contributed by atoms with Crippen LogP contribution in [-0.2, 0) is 9.53 Å². The molecule has 0 N–H and O–H groups in total. The smallest absolute Gasteiger partial charge is 0.410 e. The summed E-state index contributed by atoms with van der Waals surface area (Å²) in [4.78, 5) is 27.4. The van der Waals surface area contributed by atoms with Crippen LogP contribution in [0.15, 0.2) is 12.2 Å². The molecule has 1 rings (SSSR count). The van der Waals surface area contributed by atoms with Gasteiger partial charge in [0.05, 0.1) is 0 Å². The van der Waals surface area contributed by atoms with Gasteiger partial charge < -0.3 is 14.5 Å². The molecule has 5 heteroatoms. The summed E-state index contributed by atoms with van der Waals surface area (Å²) in [6.07, 6.45) is 3.23. The van der Waals surface area contributed by atoms with Crippen molar-refractivity contribution in [1.82, 2.24) is 9.80 Å². The second-order valence-corrected chi connectivity index (χ2v) is 7.49. The second-order valence-electron chi connectivity index (χ2n) is 7.49. The largest absolute Gasteiger partial charge is 0.444 e. The number of piperazine rings is 1. The lowest BCUT2D eigenvalue weighted by atomic mass is 9.96. The quantitative estimate of drug-likeness (QED) is 0.699. The van der Waals surface area contributed by atoms with Crippen molar-refractivity contribution in [3.05, 3.63) is 12.2 Å². The fourth-order valence-corrected chi connectivity index (χ4v) is 1.86. The summed E-state index contributed by atoms with van der Waals surface area (Å²) in [6.45, 7) is 13.8. The van der Waals surface area contributed by atoms with Crippen molar-refractivity contribution in [3.8, 4) is 0 Å². The Morgan fingerprint density at radius 3 is 1.81 bits per heavy atom. The number of ether oxygens (including phenoxy) is 1. The van der Waals surface area contributed by atoms with Crippen molar-refractivity contribution in [2.45, 2.75) is 47.1 Å². The standard InChI is InChI=1S/C16H28N2O3/c1-15(2,3)8-7-13(19)17-9-11-18(12-10-17)14(20)21-16(4,5)6/h7-8H,9-12H2,1-6H3/b8-7+. The van der Waals surface area contributed by atoms with Crippen LogP contribution in [0, 0.1) is 5.41 Å². The van der Waals surface area contributed by atoms with Gasteiger partial charge in [0.25, 0.3) is 0 Å². The zero-order valence-electron chi connectivity index (χ0n) is 14.1. The van der Waals surface area contributed by atoms with Crippen LogP contribution < -0.4 is 0 Å². The fourth-order valence-electron chi connectivity index (χ4n) is 1.86. The van der Waals surface area contributed by atoms with E-state index in [1.54, 1.807) is 15.9 Å². The van der Waals surface area contributed by atoms with Gasteiger partial charge >= 0.3 is 6.09 Å². The minimum absolute atomic E-state index is 0.00596. The van der Waals surface area contributed by atoms with Crippen LogP contribution in [0.1, 0.15) is 41.5 Å². The molecule has 0 aromatic carbocycles. The summed E-state index contributed by atoms with van der Waals surface area (Å²) in [5, 5.41) is 0. The summed E-state index contributed by atoms with van der Waals surface area (Å²) in [6, 6.07) is 0. The van der Waals surface area contributed by atoms with Gasteiger partial charge in [0.15, 0.2) is 0 Å². The van der Waals surface area contributed by atoms with Gasteiger partial charge in [0.2, 0.25) is 5.91 Å². The molecule has 21 heavy (non-hydrogen) atoms. The summed E-state index contributed by atoms with van der Waals surface area (Å²) in [5.41, 5.74) is -0.493. The van der Waals surface area contributed by atoms with Gasteiger partial charge in [-0.3, -0.25) is 4.79 Å². The maximum atomic E-state index is 12.1. The average Bonchev–Trinajstić information content (AvgIpc) is 2.33. The van der Waals surface area contributed by atoms with E-state index in [2.05, 4.69) is 20.8 Å². The van der Waals surface area contributed by atoms with Crippen molar-refractivity contribution in [2.75, 3.05) is 26.2 Å². The number of hydrogen-bond acceptors (Lipinski definition) is 3. The Morgan fingerprint density at radius 2 is 1.38 bits per heavy atom. The molecule has 0 atom stereocenters. The minimum atomic E-state index is -0.487. The molecular formula is C16H28N2O3. The van der Waals surface area contributed by atoms with Crippen LogP contribution in [0.4, 0.5) is 4.79 Å². The SMILES string of the molecule is CC(C)(C)/C=C/C(=O)N1CCN(C(=O)OC(C)(C)C)CC1. The third-order valence-corrected chi connectivity index (χ3v) is 2.97. The first kappa shape index (κ1) is 17.5. The van der Waals surface area contributed by atoms with Crippen molar-refractivity contribution < 1.29 is 14.3 Å². The molecular weight excluding hydrogens is 268 g/mol. The first-order valence-electron chi connectivity index (χ1n) is 7.44. The Bertz CT molecular complexity index is 408. The highest BCUT2D eigenvalue weighted by atomic mass is 16.6. The summed E-state index contributed by atoms with van der Waals surface area (Å²) in [7, 11) is 0. The Balaban J connectivity index is 2.47. The molecule has 0 aliphatic carbocycles. The zero-order chi connectivity index (χ0) is 16.3. The number of allylic oxidation sites excluding steroid dienone is 1. The second kappa shape index (κ2) is 6.50. The lowest BCUT2D eigenvalue weighted by molar-refractivity contribution is -0.127. The molecule has 0 radical (unpaired) electrons. The number of nitrogens with zero attached hydrogens (tertiary/aromatic N) is 2. The summed E-state index contributed by atoms with van der Waals surface area (Å²) in [5.74, 6) is 0.00811. The number of carbonyl (C=O) groups is 2. The maximum Gasteiger partial charge on any atom is 0.410 e. The van der Waals surface area contributed by atoms with E-state index in [9.17, 15) is 9.59 Å². The van der Waals surface area contributed by atoms with Crippen LogP contribution in [0.5, 0.6) is 0 Å². The van der Waals surface area contributed by atoms with Crippen LogP contribution in [0.3, 0.4) is 0 Å². The van der Waals surface area contributed by atoms with Gasteiger partial charge in [-0.1, -0.05) is 26.8 Å². The molecule has 0 saturated carbocycles. The normalized spacial score (nSPS) is 17.2. The van der Waals surface area contributed by atoms with Gasteiger partial charge in [-0.05, 0) is 32.3 Å². The van der Waals surface area contributed by atoms with E-state index in [4.69, 9.17) is 4.74 Å². The zero-order valence-corrected chi connectivity index (χ0v) is 14.1. The Morgan fingerprint density at radius 1 is 0.905 bits per heavy atom. The third kappa shape index (κ3) is 6.65. The van der Waals surface area contributed by atoms with Crippen LogP contribution in [-0.4, -0.2) is 53.6 Å². The minimum Gasteiger partial charge on any atom is -0.444 e. The number of rotatable bonds is 1. The fraction of sp³-hybridized carbons (Fsp3) is 0.750. The molecule has 1 aliphatic rings. The first-order valence-corrected chi connectivity index (χ1v) is 7.44. The number of hydrogen-bond donors (Lipinski definition) is 0. The van der Waals surface area contributed by atoms with Crippen LogP contribution in [0.2, 0.25) is 0 Å². The molecule has 0 aromatic heterocycles. The highest BCUT2D eigenvalue weighted by molar-refractivity contribution is 5.87. The van der Waals surface area contributed by atoms with Crippen molar-refractivity contribution in [3.63, 3.8) is 0 Å². The molecule has 0 aromatic rings. The molecule has 2 amide bonds. The predicted octanol–water partition coefficient (Wildman–Crippen LogP) is 2.67. The van der Waals surface area contributed by atoms with Gasteiger partial charge in [-0.2, -0.15) is 0 Å². The predicted molar refractivity (Wildman–Crippen MR) is 83.0 cm³/mol. The van der Waals surface area contributed by atoms with E-state index in [0.717, 1.165) is 0 Å². The first-order chi connectivity index (χ1) is 9.48. The summed E-state index contributed by atoms with van der Waals surface area (Å²) >= 11 is 0. The van der Waals surface area contributed by atoms with Crippen molar-refractivity contribution in [2.24, 2.45) is 5.41 Å². The molecule has 5 nitrogen and oxygen atoms in total. The Kier molecular flexibility index (Phi) is 5.42. The van der Waals surface area contributed by atoms with Crippen molar-refractivity contribution in [1.29, 1.82) is 0 Å². The highest BCUT2D eigenvalue weighted by Crippen LogP contribution is 2.15. The maximum absolute atomic E-state index is 12.1. The Hall–Kier alpha value is -1.52. The van der Waals surface area contributed by atoms with Gasteiger partial charge in [-0.15, -0.1) is 0 Å². The molecule has 0 bridgehead atoms. The van der Waals surface area contributed by atoms with E-state index in [1.165, 1.54) is 0 Å². The molecule has 1 saturated heterocycles. The van der Waals surface area contributed by atoms with Crippen molar-refractivity contribution >= 4 is 12.0 Å².